The van der Waals surface area contributed by atoms with E-state index in [2.05, 4.69) is 16.4 Å². The molecule has 0 amide bonds. The number of nitrogens with zero attached hydrogens (tertiary/aromatic N) is 3. The number of carbonyl (C=O) groups excluding carboxylic acids is 1. The fourth-order valence-electron chi connectivity index (χ4n) is 4.65. The molecule has 1 unspecified atom stereocenters. The molecule has 1 aliphatic rings. The molecule has 0 saturated carbocycles. The molecular weight excluding hydrogens is 402 g/mol. The van der Waals surface area contributed by atoms with Crippen LogP contribution in [0.1, 0.15) is 59.1 Å². The van der Waals surface area contributed by atoms with E-state index in [4.69, 9.17) is 16.3 Å². The zero-order valence-electron chi connectivity index (χ0n) is 17.5. The number of aryl methyl sites for hydroxylation is 3. The molecule has 0 saturated heterocycles. The molecule has 1 aromatic heterocycles. The zero-order valence-corrected chi connectivity index (χ0v) is 18.3. The number of aliphatic hydroxyl groups excluding tert-OH is 1. The van der Waals surface area contributed by atoms with Crippen molar-refractivity contribution in [1.82, 2.24) is 15.0 Å². The van der Waals surface area contributed by atoms with Crippen molar-refractivity contribution in [2.75, 3.05) is 6.61 Å². The van der Waals surface area contributed by atoms with Gasteiger partial charge in [0, 0.05) is 13.0 Å². The summed E-state index contributed by atoms with van der Waals surface area (Å²) in [5.41, 5.74) is 7.83. The van der Waals surface area contributed by atoms with Crippen LogP contribution in [0.4, 0.5) is 0 Å². The summed E-state index contributed by atoms with van der Waals surface area (Å²) in [4.78, 5) is 12.5. The maximum atomic E-state index is 12.5. The molecular formula is C23H26ClN3O3. The van der Waals surface area contributed by atoms with Crippen molar-refractivity contribution in [3.8, 4) is 0 Å². The quantitative estimate of drug-likeness (QED) is 0.602. The van der Waals surface area contributed by atoms with Crippen LogP contribution in [0.25, 0.3) is 11.0 Å². The molecule has 30 heavy (non-hydrogen) atoms. The first-order chi connectivity index (χ1) is 14.4. The zero-order chi connectivity index (χ0) is 21.4. The van der Waals surface area contributed by atoms with Crippen molar-refractivity contribution in [3.05, 3.63) is 56.6 Å². The summed E-state index contributed by atoms with van der Waals surface area (Å²) < 4.78 is 6.93. The molecule has 0 bridgehead atoms. The van der Waals surface area contributed by atoms with Crippen LogP contribution >= 0.6 is 11.6 Å². The molecule has 0 spiro atoms. The van der Waals surface area contributed by atoms with E-state index in [0.29, 0.717) is 11.6 Å². The lowest BCUT2D eigenvalue weighted by atomic mass is 9.83. The van der Waals surface area contributed by atoms with E-state index in [1.54, 1.807) is 11.6 Å². The Morgan fingerprint density at radius 2 is 2.13 bits per heavy atom. The van der Waals surface area contributed by atoms with E-state index in [-0.39, 0.29) is 24.9 Å². The monoisotopic (exact) mass is 427 g/mol. The summed E-state index contributed by atoms with van der Waals surface area (Å²) >= 11 is 6.61. The Hall–Kier alpha value is -2.44. The minimum absolute atomic E-state index is 0.00870. The Kier molecular flexibility index (Phi) is 5.80. The fourth-order valence-corrected chi connectivity index (χ4v) is 4.98. The highest BCUT2D eigenvalue weighted by molar-refractivity contribution is 6.35. The molecule has 158 valence electrons. The van der Waals surface area contributed by atoms with E-state index in [1.165, 1.54) is 11.1 Å². The summed E-state index contributed by atoms with van der Waals surface area (Å²) in [7, 11) is 1.81. The second kappa shape index (κ2) is 8.36. The summed E-state index contributed by atoms with van der Waals surface area (Å²) in [6.45, 7) is 4.12. The molecule has 1 N–H and O–H groups in total. The van der Waals surface area contributed by atoms with Crippen molar-refractivity contribution in [1.29, 1.82) is 0 Å². The number of rotatable bonds is 6. The van der Waals surface area contributed by atoms with Gasteiger partial charge in [-0.05, 0) is 72.6 Å². The molecule has 1 aliphatic carbocycles. The van der Waals surface area contributed by atoms with Gasteiger partial charge in [-0.15, -0.1) is 5.10 Å². The second-order valence-corrected chi connectivity index (χ2v) is 8.28. The van der Waals surface area contributed by atoms with Gasteiger partial charge < -0.3 is 9.84 Å². The van der Waals surface area contributed by atoms with Gasteiger partial charge in [0.05, 0.1) is 24.7 Å². The molecule has 3 aromatic rings. The van der Waals surface area contributed by atoms with Crippen molar-refractivity contribution in [2.24, 2.45) is 7.05 Å². The predicted octanol–water partition coefficient (Wildman–Crippen LogP) is 4.00. The van der Waals surface area contributed by atoms with Crippen LogP contribution in [0.15, 0.2) is 18.2 Å². The highest BCUT2D eigenvalue weighted by Crippen LogP contribution is 2.39. The van der Waals surface area contributed by atoms with Crippen LogP contribution in [0.5, 0.6) is 0 Å². The van der Waals surface area contributed by atoms with E-state index in [1.807, 2.05) is 26.1 Å². The Bertz CT molecular complexity index is 1120. The average molecular weight is 428 g/mol. The number of carbonyl (C=O) groups is 1. The first-order valence-corrected chi connectivity index (χ1v) is 10.7. The first-order valence-electron chi connectivity index (χ1n) is 10.3. The largest absolute Gasteiger partial charge is 0.466 e. The Morgan fingerprint density at radius 1 is 1.33 bits per heavy atom. The van der Waals surface area contributed by atoms with Crippen LogP contribution in [0.3, 0.4) is 0 Å². The third-order valence-corrected chi connectivity index (χ3v) is 6.37. The van der Waals surface area contributed by atoms with E-state index in [0.717, 1.165) is 52.5 Å². The lowest BCUT2D eigenvalue weighted by Gasteiger charge is -2.22. The molecule has 1 atom stereocenters. The Labute approximate surface area is 180 Å². The molecule has 6 nitrogen and oxygen atoms in total. The summed E-state index contributed by atoms with van der Waals surface area (Å²) in [6.07, 6.45) is 3.26. The van der Waals surface area contributed by atoms with E-state index in [9.17, 15) is 9.90 Å². The van der Waals surface area contributed by atoms with Crippen molar-refractivity contribution >= 4 is 28.6 Å². The summed E-state index contributed by atoms with van der Waals surface area (Å²) in [5.74, 6) is -0.507. The van der Waals surface area contributed by atoms with Gasteiger partial charge in [0.2, 0.25) is 0 Å². The lowest BCUT2D eigenvalue weighted by Crippen LogP contribution is -2.14. The number of aromatic nitrogens is 3. The Morgan fingerprint density at radius 3 is 2.87 bits per heavy atom. The highest BCUT2D eigenvalue weighted by Gasteiger charge is 2.26. The van der Waals surface area contributed by atoms with Gasteiger partial charge in [-0.3, -0.25) is 4.79 Å². The molecule has 0 radical (unpaired) electrons. The summed E-state index contributed by atoms with van der Waals surface area (Å²) in [5, 5.41) is 18.9. The number of fused-ring (bicyclic) bond motifs is 2. The Balaban J connectivity index is 1.89. The number of benzene rings is 2. The SMILES string of the molecule is CCOC(=O)CC(c1cc(CO)c2c(c1)CCC2)c1cc(Cl)c2c(nnn2C)c1C. The fraction of sp³-hybridized carbons (Fsp3) is 0.435. The van der Waals surface area contributed by atoms with Gasteiger partial charge >= 0.3 is 5.97 Å². The smallest absolute Gasteiger partial charge is 0.306 e. The van der Waals surface area contributed by atoms with Gasteiger partial charge in [-0.25, -0.2) is 4.68 Å². The van der Waals surface area contributed by atoms with Gasteiger partial charge in [-0.2, -0.15) is 0 Å². The van der Waals surface area contributed by atoms with Gasteiger partial charge in [0.25, 0.3) is 0 Å². The number of halogens is 1. The third-order valence-electron chi connectivity index (χ3n) is 6.08. The minimum atomic E-state index is -0.261. The number of hydrogen-bond donors (Lipinski definition) is 1. The number of ether oxygens (including phenoxy) is 1. The average Bonchev–Trinajstić information content (AvgIpc) is 3.35. The second-order valence-electron chi connectivity index (χ2n) is 7.87. The number of aliphatic hydroxyl groups is 1. The molecule has 0 fully saturated rings. The van der Waals surface area contributed by atoms with Crippen LogP contribution < -0.4 is 0 Å². The number of esters is 1. The number of hydrogen-bond acceptors (Lipinski definition) is 5. The minimum Gasteiger partial charge on any atom is -0.466 e. The molecule has 4 rings (SSSR count). The maximum Gasteiger partial charge on any atom is 0.306 e. The first kappa shape index (κ1) is 20.8. The van der Waals surface area contributed by atoms with E-state index >= 15 is 0 Å². The van der Waals surface area contributed by atoms with Gasteiger partial charge in [-0.1, -0.05) is 28.9 Å². The van der Waals surface area contributed by atoms with Crippen molar-refractivity contribution < 1.29 is 14.6 Å². The lowest BCUT2D eigenvalue weighted by molar-refractivity contribution is -0.143. The molecule has 7 heteroatoms. The van der Waals surface area contributed by atoms with Crippen molar-refractivity contribution in [3.63, 3.8) is 0 Å². The highest BCUT2D eigenvalue weighted by atomic mass is 35.5. The van der Waals surface area contributed by atoms with Crippen LogP contribution in [0, 0.1) is 6.92 Å². The molecule has 1 heterocycles. The van der Waals surface area contributed by atoms with Crippen LogP contribution in [-0.2, 0) is 36.0 Å². The predicted molar refractivity (Wildman–Crippen MR) is 116 cm³/mol. The van der Waals surface area contributed by atoms with E-state index < -0.39 is 0 Å². The van der Waals surface area contributed by atoms with Crippen molar-refractivity contribution in [2.45, 2.75) is 52.1 Å². The van der Waals surface area contributed by atoms with Gasteiger partial charge in [0.15, 0.2) is 0 Å². The third kappa shape index (κ3) is 3.59. The molecule has 0 aliphatic heterocycles. The molecule has 2 aromatic carbocycles. The topological polar surface area (TPSA) is 77.2 Å². The van der Waals surface area contributed by atoms with Gasteiger partial charge in [0.1, 0.15) is 11.0 Å². The standard InChI is InChI=1S/C23H26ClN3O3/c1-4-30-21(29)11-19(15-8-14-6-5-7-17(14)16(9-15)12-28)18-10-20(24)23-22(13(18)2)25-26-27(23)3/h8-10,19,28H,4-7,11-12H2,1-3H3. The summed E-state index contributed by atoms with van der Waals surface area (Å²) in [6, 6.07) is 6.13. The normalized spacial score (nSPS) is 14.2. The van der Waals surface area contributed by atoms with Crippen LogP contribution in [0.2, 0.25) is 5.02 Å². The van der Waals surface area contributed by atoms with Crippen LogP contribution in [-0.4, -0.2) is 32.7 Å². The maximum absolute atomic E-state index is 12.5.